The van der Waals surface area contributed by atoms with Crippen LogP contribution < -0.4 is 15.4 Å². The van der Waals surface area contributed by atoms with Crippen molar-refractivity contribution >= 4 is 21.6 Å². The highest BCUT2D eigenvalue weighted by atomic mass is 79.9. The van der Waals surface area contributed by atoms with E-state index < -0.39 is 0 Å². The van der Waals surface area contributed by atoms with E-state index in [2.05, 4.69) is 20.8 Å². The summed E-state index contributed by atoms with van der Waals surface area (Å²) in [6.07, 6.45) is 0. The lowest BCUT2D eigenvalue weighted by atomic mass is 10.1. The van der Waals surface area contributed by atoms with Gasteiger partial charge in [-0.05, 0) is 48.0 Å². The molecule has 0 atom stereocenters. The normalized spacial score (nSPS) is 11.4. The molecule has 0 unspecified atom stereocenters. The van der Waals surface area contributed by atoms with Crippen molar-refractivity contribution < 1.29 is 4.74 Å². The molecule has 3 nitrogen and oxygen atoms in total. The van der Waals surface area contributed by atoms with Gasteiger partial charge in [-0.25, -0.2) is 0 Å². The summed E-state index contributed by atoms with van der Waals surface area (Å²) >= 11 is 3.47. The molecule has 1 aromatic rings. The Kier molecular flexibility index (Phi) is 4.21. The van der Waals surface area contributed by atoms with E-state index in [1.54, 1.807) is 7.11 Å². The fourth-order valence-electron chi connectivity index (χ4n) is 1.60. The zero-order valence-corrected chi connectivity index (χ0v) is 11.8. The number of methoxy groups -OCH3 is 1. The van der Waals surface area contributed by atoms with Crippen molar-refractivity contribution in [2.45, 2.75) is 19.4 Å². The van der Waals surface area contributed by atoms with Crippen molar-refractivity contribution in [2.75, 3.05) is 25.6 Å². The number of nitrogens with two attached hydrogens (primary N) is 1. The fraction of sp³-hybridized carbons (Fsp3) is 0.500. The molecule has 0 heterocycles. The van der Waals surface area contributed by atoms with E-state index in [0.29, 0.717) is 0 Å². The molecule has 0 aliphatic rings. The standard InChI is InChI=1S/C12H19BrN2O/c1-12(2,14)8-15(3)9-5-6-11(16-4)10(13)7-9/h5-7H,8,14H2,1-4H3. The predicted octanol–water partition coefficient (Wildman–Crippen LogP) is 2.63. The van der Waals surface area contributed by atoms with Gasteiger partial charge in [0.05, 0.1) is 11.6 Å². The number of nitrogens with zero attached hydrogens (tertiary/aromatic N) is 1. The summed E-state index contributed by atoms with van der Waals surface area (Å²) in [6, 6.07) is 6.00. The fourth-order valence-corrected chi connectivity index (χ4v) is 2.12. The van der Waals surface area contributed by atoms with Crippen LogP contribution >= 0.6 is 15.9 Å². The lowest BCUT2D eigenvalue weighted by Crippen LogP contribution is -2.44. The first-order valence-corrected chi connectivity index (χ1v) is 5.96. The van der Waals surface area contributed by atoms with Crippen LogP contribution in [0, 0.1) is 0 Å². The first-order valence-electron chi connectivity index (χ1n) is 5.17. The quantitative estimate of drug-likeness (QED) is 0.925. The van der Waals surface area contributed by atoms with Gasteiger partial charge in [-0.15, -0.1) is 0 Å². The minimum Gasteiger partial charge on any atom is -0.496 e. The zero-order valence-electron chi connectivity index (χ0n) is 10.2. The van der Waals surface area contributed by atoms with E-state index in [9.17, 15) is 0 Å². The molecule has 1 aromatic carbocycles. The largest absolute Gasteiger partial charge is 0.496 e. The number of hydrogen-bond acceptors (Lipinski definition) is 3. The predicted molar refractivity (Wildman–Crippen MR) is 72.2 cm³/mol. The molecule has 2 N–H and O–H groups in total. The molecule has 0 saturated carbocycles. The van der Waals surface area contributed by atoms with Crippen molar-refractivity contribution in [3.05, 3.63) is 22.7 Å². The van der Waals surface area contributed by atoms with E-state index in [1.165, 1.54) is 0 Å². The molecule has 0 aliphatic carbocycles. The first-order chi connectivity index (χ1) is 7.33. The van der Waals surface area contributed by atoms with Crippen molar-refractivity contribution in [3.63, 3.8) is 0 Å². The van der Waals surface area contributed by atoms with Crippen LogP contribution in [0.15, 0.2) is 22.7 Å². The Hall–Kier alpha value is -0.740. The third-order valence-corrected chi connectivity index (χ3v) is 2.84. The summed E-state index contributed by atoms with van der Waals surface area (Å²) in [5.41, 5.74) is 6.90. The molecule has 90 valence electrons. The minimum absolute atomic E-state index is 0.207. The third kappa shape index (κ3) is 3.68. The molecule has 1 rings (SSSR count). The molecule has 0 fully saturated rings. The highest BCUT2D eigenvalue weighted by Crippen LogP contribution is 2.29. The van der Waals surface area contributed by atoms with Crippen LogP contribution in [0.2, 0.25) is 0 Å². The molecule has 0 bridgehead atoms. The molecular weight excluding hydrogens is 268 g/mol. The Labute approximate surface area is 106 Å². The second kappa shape index (κ2) is 5.06. The number of likely N-dealkylation sites (N-methyl/N-ethyl adjacent to an activating group) is 1. The number of anilines is 1. The van der Waals surface area contributed by atoms with Gasteiger partial charge < -0.3 is 15.4 Å². The summed E-state index contributed by atoms with van der Waals surface area (Å²) in [4.78, 5) is 2.13. The SMILES string of the molecule is COc1ccc(N(C)CC(C)(C)N)cc1Br. The number of benzene rings is 1. The minimum atomic E-state index is -0.207. The lowest BCUT2D eigenvalue weighted by molar-refractivity contribution is 0.412. The van der Waals surface area contributed by atoms with Crippen LogP contribution in [0.3, 0.4) is 0 Å². The Bertz CT molecular complexity index is 361. The van der Waals surface area contributed by atoms with Gasteiger partial charge in [0.15, 0.2) is 0 Å². The average Bonchev–Trinajstić information content (AvgIpc) is 2.15. The van der Waals surface area contributed by atoms with Crippen molar-refractivity contribution in [2.24, 2.45) is 5.73 Å². The van der Waals surface area contributed by atoms with E-state index in [1.807, 2.05) is 39.1 Å². The van der Waals surface area contributed by atoms with Crippen LogP contribution in [-0.2, 0) is 0 Å². The zero-order chi connectivity index (χ0) is 12.3. The molecule has 0 aliphatic heterocycles. The molecule has 0 amide bonds. The number of ether oxygens (including phenoxy) is 1. The Morgan fingerprint density at radius 3 is 2.50 bits per heavy atom. The molecule has 0 aromatic heterocycles. The summed E-state index contributed by atoms with van der Waals surface area (Å²) in [5, 5.41) is 0. The molecule has 4 heteroatoms. The van der Waals surface area contributed by atoms with Gasteiger partial charge in [-0.1, -0.05) is 0 Å². The van der Waals surface area contributed by atoms with Crippen LogP contribution in [-0.4, -0.2) is 26.2 Å². The summed E-state index contributed by atoms with van der Waals surface area (Å²) in [6.45, 7) is 4.83. The van der Waals surface area contributed by atoms with Crippen LogP contribution in [0.4, 0.5) is 5.69 Å². The van der Waals surface area contributed by atoms with E-state index in [0.717, 1.165) is 22.5 Å². The van der Waals surface area contributed by atoms with Crippen LogP contribution in [0.5, 0.6) is 5.75 Å². The molecule has 0 radical (unpaired) electrons. The molecule has 0 spiro atoms. The maximum absolute atomic E-state index is 5.99. The highest BCUT2D eigenvalue weighted by molar-refractivity contribution is 9.10. The smallest absolute Gasteiger partial charge is 0.133 e. The summed E-state index contributed by atoms with van der Waals surface area (Å²) in [5.74, 6) is 0.837. The summed E-state index contributed by atoms with van der Waals surface area (Å²) in [7, 11) is 3.69. The van der Waals surface area contributed by atoms with E-state index >= 15 is 0 Å². The monoisotopic (exact) mass is 286 g/mol. The van der Waals surface area contributed by atoms with Crippen molar-refractivity contribution in [1.82, 2.24) is 0 Å². The Morgan fingerprint density at radius 1 is 1.44 bits per heavy atom. The van der Waals surface area contributed by atoms with Gasteiger partial charge in [0.1, 0.15) is 5.75 Å². The Morgan fingerprint density at radius 2 is 2.06 bits per heavy atom. The van der Waals surface area contributed by atoms with Crippen molar-refractivity contribution in [3.8, 4) is 5.75 Å². The number of hydrogen-bond donors (Lipinski definition) is 1. The van der Waals surface area contributed by atoms with Gasteiger partial charge in [0, 0.05) is 24.8 Å². The highest BCUT2D eigenvalue weighted by Gasteiger charge is 2.15. The first kappa shape index (κ1) is 13.3. The van der Waals surface area contributed by atoms with Gasteiger partial charge in [-0.2, -0.15) is 0 Å². The van der Waals surface area contributed by atoms with Gasteiger partial charge in [0.25, 0.3) is 0 Å². The van der Waals surface area contributed by atoms with Crippen LogP contribution in [0.1, 0.15) is 13.8 Å². The van der Waals surface area contributed by atoms with Gasteiger partial charge in [-0.3, -0.25) is 0 Å². The summed E-state index contributed by atoms with van der Waals surface area (Å²) < 4.78 is 6.14. The van der Waals surface area contributed by atoms with Gasteiger partial charge in [0.2, 0.25) is 0 Å². The van der Waals surface area contributed by atoms with E-state index in [-0.39, 0.29) is 5.54 Å². The van der Waals surface area contributed by atoms with Gasteiger partial charge >= 0.3 is 0 Å². The Balaban J connectivity index is 2.85. The third-order valence-electron chi connectivity index (χ3n) is 2.22. The van der Waals surface area contributed by atoms with E-state index in [4.69, 9.17) is 10.5 Å². The lowest BCUT2D eigenvalue weighted by Gasteiger charge is -2.28. The maximum Gasteiger partial charge on any atom is 0.133 e. The van der Waals surface area contributed by atoms with Crippen molar-refractivity contribution in [1.29, 1.82) is 0 Å². The number of rotatable bonds is 4. The van der Waals surface area contributed by atoms with Crippen LogP contribution in [0.25, 0.3) is 0 Å². The topological polar surface area (TPSA) is 38.5 Å². The maximum atomic E-state index is 5.99. The second-order valence-corrected chi connectivity index (χ2v) is 5.52. The number of halogens is 1. The molecule has 16 heavy (non-hydrogen) atoms. The molecule has 0 saturated heterocycles. The average molecular weight is 287 g/mol. The second-order valence-electron chi connectivity index (χ2n) is 4.66. The molecular formula is C12H19BrN2O.